The molecule has 1 aliphatic rings. The van der Waals surface area contributed by atoms with E-state index in [1.165, 1.54) is 0 Å². The molecular formula is C16H27N3O. The number of nitrogens with two attached hydrogens (primary N) is 1. The summed E-state index contributed by atoms with van der Waals surface area (Å²) in [7, 11) is 0. The van der Waals surface area contributed by atoms with Gasteiger partial charge in [0, 0.05) is 38.4 Å². The van der Waals surface area contributed by atoms with E-state index in [9.17, 15) is 5.11 Å². The second-order valence-corrected chi connectivity index (χ2v) is 5.70. The van der Waals surface area contributed by atoms with Gasteiger partial charge in [0.25, 0.3) is 0 Å². The summed E-state index contributed by atoms with van der Waals surface area (Å²) < 4.78 is 0. The van der Waals surface area contributed by atoms with Gasteiger partial charge >= 0.3 is 0 Å². The van der Waals surface area contributed by atoms with E-state index < -0.39 is 6.10 Å². The Balaban J connectivity index is 1.80. The molecule has 0 aromatic heterocycles. The van der Waals surface area contributed by atoms with Gasteiger partial charge in [-0.05, 0) is 37.1 Å². The van der Waals surface area contributed by atoms with Gasteiger partial charge in [-0.15, -0.1) is 0 Å². The highest BCUT2D eigenvalue weighted by Crippen LogP contribution is 2.21. The van der Waals surface area contributed by atoms with Crippen molar-refractivity contribution in [2.24, 2.45) is 0 Å². The van der Waals surface area contributed by atoms with Crippen molar-refractivity contribution in [3.8, 4) is 0 Å². The van der Waals surface area contributed by atoms with Crippen LogP contribution < -0.4 is 5.73 Å². The quantitative estimate of drug-likeness (QED) is 0.803. The smallest absolute Gasteiger partial charge is 0.0803 e. The Morgan fingerprint density at radius 3 is 2.45 bits per heavy atom. The molecule has 20 heavy (non-hydrogen) atoms. The molecule has 1 atom stereocenters. The first-order valence-corrected chi connectivity index (χ1v) is 7.59. The van der Waals surface area contributed by atoms with Crippen molar-refractivity contribution >= 4 is 5.69 Å². The summed E-state index contributed by atoms with van der Waals surface area (Å²) in [5, 5.41) is 10.3. The lowest BCUT2D eigenvalue weighted by Gasteiger charge is -2.34. The van der Waals surface area contributed by atoms with Crippen molar-refractivity contribution < 1.29 is 5.11 Å². The molecule has 4 nitrogen and oxygen atoms in total. The van der Waals surface area contributed by atoms with Gasteiger partial charge in [-0.3, -0.25) is 0 Å². The summed E-state index contributed by atoms with van der Waals surface area (Å²) in [6, 6.07) is 5.86. The number of rotatable bonds is 5. The van der Waals surface area contributed by atoms with Gasteiger partial charge in [-0.25, -0.2) is 0 Å². The standard InChI is InChI=1S/C16H27N3O/c1-3-18-8-10-19(11-9-18)7-6-16(20)14-5-4-13(2)15(17)12-14/h4-5,12,16,20H,3,6-11,17H2,1-2H3. The Labute approximate surface area is 122 Å². The molecule has 1 aromatic rings. The number of anilines is 1. The van der Waals surface area contributed by atoms with Gasteiger partial charge < -0.3 is 20.6 Å². The highest BCUT2D eigenvalue weighted by Gasteiger charge is 2.17. The largest absolute Gasteiger partial charge is 0.399 e. The predicted molar refractivity (Wildman–Crippen MR) is 83.7 cm³/mol. The van der Waals surface area contributed by atoms with Crippen LogP contribution in [0.2, 0.25) is 0 Å². The van der Waals surface area contributed by atoms with E-state index in [-0.39, 0.29) is 0 Å². The van der Waals surface area contributed by atoms with Crippen LogP contribution in [0.5, 0.6) is 0 Å². The maximum absolute atomic E-state index is 10.3. The lowest BCUT2D eigenvalue weighted by molar-refractivity contribution is 0.105. The molecule has 1 aromatic carbocycles. The first-order chi connectivity index (χ1) is 9.60. The molecule has 0 bridgehead atoms. The number of likely N-dealkylation sites (N-methyl/N-ethyl adjacent to an activating group) is 1. The van der Waals surface area contributed by atoms with E-state index >= 15 is 0 Å². The lowest BCUT2D eigenvalue weighted by Crippen LogP contribution is -2.46. The fraction of sp³-hybridized carbons (Fsp3) is 0.625. The number of benzene rings is 1. The van der Waals surface area contributed by atoms with Crippen LogP contribution in [0.15, 0.2) is 18.2 Å². The molecule has 1 aliphatic heterocycles. The number of hydrogen-bond acceptors (Lipinski definition) is 4. The Hall–Kier alpha value is -1.10. The third kappa shape index (κ3) is 3.95. The van der Waals surface area contributed by atoms with Crippen molar-refractivity contribution in [3.05, 3.63) is 29.3 Å². The van der Waals surface area contributed by atoms with E-state index in [4.69, 9.17) is 5.73 Å². The first-order valence-electron chi connectivity index (χ1n) is 7.59. The lowest BCUT2D eigenvalue weighted by atomic mass is 10.0. The van der Waals surface area contributed by atoms with Gasteiger partial charge in [0.05, 0.1) is 6.10 Å². The minimum Gasteiger partial charge on any atom is -0.399 e. The SMILES string of the molecule is CCN1CCN(CCC(O)c2ccc(C)c(N)c2)CC1. The molecule has 2 rings (SSSR count). The molecule has 0 saturated carbocycles. The normalized spacial score (nSPS) is 19.1. The van der Waals surface area contributed by atoms with Gasteiger partial charge in [0.2, 0.25) is 0 Å². The zero-order valence-electron chi connectivity index (χ0n) is 12.7. The average molecular weight is 277 g/mol. The molecule has 0 amide bonds. The molecule has 3 N–H and O–H groups in total. The van der Waals surface area contributed by atoms with Crippen LogP contribution in [0.1, 0.15) is 30.6 Å². The maximum atomic E-state index is 10.3. The molecule has 1 heterocycles. The molecule has 4 heteroatoms. The number of nitrogen functional groups attached to an aromatic ring is 1. The maximum Gasteiger partial charge on any atom is 0.0803 e. The second-order valence-electron chi connectivity index (χ2n) is 5.70. The highest BCUT2D eigenvalue weighted by molar-refractivity contribution is 5.48. The van der Waals surface area contributed by atoms with Crippen LogP contribution in [0.3, 0.4) is 0 Å². The Morgan fingerprint density at radius 1 is 1.20 bits per heavy atom. The third-order valence-corrected chi connectivity index (χ3v) is 4.32. The topological polar surface area (TPSA) is 52.7 Å². The van der Waals surface area contributed by atoms with Crippen molar-refractivity contribution in [2.75, 3.05) is 45.0 Å². The zero-order valence-corrected chi connectivity index (χ0v) is 12.7. The Kier molecular flexibility index (Phi) is 5.40. The zero-order chi connectivity index (χ0) is 14.5. The molecule has 1 saturated heterocycles. The third-order valence-electron chi connectivity index (χ3n) is 4.32. The average Bonchev–Trinajstić information content (AvgIpc) is 2.48. The number of nitrogens with zero attached hydrogens (tertiary/aromatic N) is 2. The minimum atomic E-state index is -0.415. The van der Waals surface area contributed by atoms with Crippen LogP contribution in [0.25, 0.3) is 0 Å². The van der Waals surface area contributed by atoms with E-state index in [0.717, 1.165) is 62.5 Å². The molecule has 112 valence electrons. The molecule has 0 spiro atoms. The van der Waals surface area contributed by atoms with Gasteiger partial charge in [-0.1, -0.05) is 19.1 Å². The minimum absolute atomic E-state index is 0.415. The summed E-state index contributed by atoms with van der Waals surface area (Å²) in [5.74, 6) is 0. The molecule has 0 radical (unpaired) electrons. The van der Waals surface area contributed by atoms with Crippen molar-refractivity contribution in [2.45, 2.75) is 26.4 Å². The first kappa shape index (κ1) is 15.3. The van der Waals surface area contributed by atoms with Crippen molar-refractivity contribution in [1.82, 2.24) is 9.80 Å². The summed E-state index contributed by atoms with van der Waals surface area (Å²) in [4.78, 5) is 4.90. The summed E-state index contributed by atoms with van der Waals surface area (Å²) >= 11 is 0. The highest BCUT2D eigenvalue weighted by atomic mass is 16.3. The van der Waals surface area contributed by atoms with Crippen LogP contribution in [-0.4, -0.2) is 54.2 Å². The van der Waals surface area contributed by atoms with Crippen LogP contribution in [0, 0.1) is 6.92 Å². The fourth-order valence-electron chi connectivity index (χ4n) is 2.67. The molecule has 1 unspecified atom stereocenters. The summed E-state index contributed by atoms with van der Waals surface area (Å²) in [5.41, 5.74) is 8.66. The number of aryl methyl sites for hydroxylation is 1. The van der Waals surface area contributed by atoms with Crippen LogP contribution in [-0.2, 0) is 0 Å². The fourth-order valence-corrected chi connectivity index (χ4v) is 2.67. The van der Waals surface area contributed by atoms with E-state index in [0.29, 0.717) is 0 Å². The number of piperazine rings is 1. The van der Waals surface area contributed by atoms with Crippen molar-refractivity contribution in [3.63, 3.8) is 0 Å². The van der Waals surface area contributed by atoms with E-state index in [1.807, 2.05) is 25.1 Å². The number of aliphatic hydroxyl groups is 1. The Morgan fingerprint density at radius 2 is 1.85 bits per heavy atom. The number of aliphatic hydroxyl groups excluding tert-OH is 1. The molecular weight excluding hydrogens is 250 g/mol. The molecule has 1 fully saturated rings. The van der Waals surface area contributed by atoms with Gasteiger partial charge in [0.1, 0.15) is 0 Å². The van der Waals surface area contributed by atoms with Gasteiger partial charge in [0.15, 0.2) is 0 Å². The van der Waals surface area contributed by atoms with Gasteiger partial charge in [-0.2, -0.15) is 0 Å². The Bertz CT molecular complexity index is 428. The van der Waals surface area contributed by atoms with Crippen LogP contribution in [0.4, 0.5) is 5.69 Å². The van der Waals surface area contributed by atoms with E-state index in [1.54, 1.807) is 0 Å². The van der Waals surface area contributed by atoms with Crippen molar-refractivity contribution in [1.29, 1.82) is 0 Å². The van der Waals surface area contributed by atoms with Crippen LogP contribution >= 0.6 is 0 Å². The summed E-state index contributed by atoms with van der Waals surface area (Å²) in [6.07, 6.45) is 0.358. The van der Waals surface area contributed by atoms with E-state index in [2.05, 4.69) is 16.7 Å². The molecule has 0 aliphatic carbocycles. The predicted octanol–water partition coefficient (Wildman–Crippen LogP) is 1.64. The number of hydrogen-bond donors (Lipinski definition) is 2. The summed E-state index contributed by atoms with van der Waals surface area (Å²) in [6.45, 7) is 10.8. The monoisotopic (exact) mass is 277 g/mol. The second kappa shape index (κ2) is 7.07.